The van der Waals surface area contributed by atoms with Crippen molar-refractivity contribution >= 4 is 22.5 Å². The highest BCUT2D eigenvalue weighted by Crippen LogP contribution is 2.54. The summed E-state index contributed by atoms with van der Waals surface area (Å²) in [6, 6.07) is 4.94. The van der Waals surface area contributed by atoms with E-state index >= 15 is 0 Å². The third kappa shape index (κ3) is 4.89. The van der Waals surface area contributed by atoms with Gasteiger partial charge in [0.05, 0.1) is 46.7 Å². The highest BCUT2D eigenvalue weighted by Gasteiger charge is 2.35. The van der Waals surface area contributed by atoms with Gasteiger partial charge >= 0.3 is 5.97 Å². The summed E-state index contributed by atoms with van der Waals surface area (Å²) in [6.45, 7) is 5.53. The monoisotopic (exact) mass is 540 g/mol. The zero-order valence-corrected chi connectivity index (χ0v) is 23.7. The van der Waals surface area contributed by atoms with E-state index in [0.29, 0.717) is 35.5 Å². The summed E-state index contributed by atoms with van der Waals surface area (Å²) < 4.78 is 27.9. The Kier molecular flexibility index (Phi) is 9.16. The average molecular weight is 541 g/mol. The van der Waals surface area contributed by atoms with Gasteiger partial charge in [-0.3, -0.25) is 4.79 Å². The van der Waals surface area contributed by atoms with E-state index in [9.17, 15) is 19.8 Å². The standard InChI is InChI=1S/C30H36O9/c1-9-11-16(10-2)25(31)24-23(30(33)34)21(17-12-13-18(35-4)19(14-17)36-5)22-20(26(24)32)15(3)27(37-6)29(39-8)28(22)38-7/h12-14,16,32H,9-11H2,1-8H3,(H,33,34). The first-order chi connectivity index (χ1) is 18.7. The minimum atomic E-state index is -1.37. The number of phenolic OH excluding ortho intramolecular Hbond substituents is 1. The second kappa shape index (κ2) is 12.1. The molecule has 0 saturated heterocycles. The fraction of sp³-hybridized carbons (Fsp3) is 0.400. The van der Waals surface area contributed by atoms with Crippen LogP contribution in [0.2, 0.25) is 0 Å². The molecule has 0 saturated carbocycles. The summed E-state index contributed by atoms with van der Waals surface area (Å²) in [5.74, 6) is -1.27. The summed E-state index contributed by atoms with van der Waals surface area (Å²) in [5.41, 5.74) is 0.456. The fourth-order valence-corrected chi connectivity index (χ4v) is 5.26. The van der Waals surface area contributed by atoms with Crippen LogP contribution >= 0.6 is 0 Å². The van der Waals surface area contributed by atoms with Crippen LogP contribution in [-0.4, -0.2) is 57.5 Å². The molecule has 0 aliphatic heterocycles. The normalized spacial score (nSPS) is 11.7. The van der Waals surface area contributed by atoms with Crippen molar-refractivity contribution < 1.29 is 43.5 Å². The number of carboxylic acids is 1. The van der Waals surface area contributed by atoms with Crippen molar-refractivity contribution in [1.29, 1.82) is 0 Å². The average Bonchev–Trinajstić information content (AvgIpc) is 2.94. The smallest absolute Gasteiger partial charge is 0.337 e. The van der Waals surface area contributed by atoms with E-state index < -0.39 is 23.4 Å². The SMILES string of the molecule is CCCC(CC)C(=O)c1c(C(=O)O)c(-c2ccc(OC)c(OC)c2)c2c(OC)c(OC)c(OC)c(C)c2c1O. The molecule has 39 heavy (non-hydrogen) atoms. The molecular weight excluding hydrogens is 504 g/mol. The molecular formula is C30H36O9. The molecule has 0 amide bonds. The minimum Gasteiger partial charge on any atom is -0.506 e. The van der Waals surface area contributed by atoms with Gasteiger partial charge in [-0.05, 0) is 37.5 Å². The summed E-state index contributed by atoms with van der Waals surface area (Å²) in [7, 11) is 7.27. The number of benzene rings is 3. The molecule has 0 spiro atoms. The largest absolute Gasteiger partial charge is 0.506 e. The molecule has 0 aliphatic rings. The molecule has 3 rings (SSSR count). The summed E-state index contributed by atoms with van der Waals surface area (Å²) in [4.78, 5) is 27.0. The Hall–Kier alpha value is -4.14. The number of hydrogen-bond donors (Lipinski definition) is 2. The van der Waals surface area contributed by atoms with E-state index in [2.05, 4.69) is 0 Å². The Morgan fingerprint density at radius 2 is 1.44 bits per heavy atom. The van der Waals surface area contributed by atoms with E-state index in [4.69, 9.17) is 23.7 Å². The van der Waals surface area contributed by atoms with Crippen molar-refractivity contribution in [3.8, 4) is 45.6 Å². The van der Waals surface area contributed by atoms with Crippen LogP contribution in [0.1, 0.15) is 59.4 Å². The van der Waals surface area contributed by atoms with Gasteiger partial charge in [0.25, 0.3) is 0 Å². The number of methoxy groups -OCH3 is 5. The summed E-state index contributed by atoms with van der Waals surface area (Å²) >= 11 is 0. The molecule has 0 radical (unpaired) electrons. The van der Waals surface area contributed by atoms with Gasteiger partial charge in [0.2, 0.25) is 5.75 Å². The number of carbonyl (C=O) groups is 2. The van der Waals surface area contributed by atoms with Crippen LogP contribution in [0.5, 0.6) is 34.5 Å². The van der Waals surface area contributed by atoms with E-state index in [0.717, 1.165) is 6.42 Å². The first-order valence-electron chi connectivity index (χ1n) is 12.7. The maximum Gasteiger partial charge on any atom is 0.337 e. The Labute approximate surface area is 228 Å². The van der Waals surface area contributed by atoms with Gasteiger partial charge in [-0.25, -0.2) is 4.79 Å². The van der Waals surface area contributed by atoms with Gasteiger partial charge in [-0.2, -0.15) is 0 Å². The number of aromatic carboxylic acids is 1. The van der Waals surface area contributed by atoms with E-state index in [1.807, 2.05) is 13.8 Å². The molecule has 2 N–H and O–H groups in total. The first kappa shape index (κ1) is 29.4. The number of ether oxygens (including phenoxy) is 5. The lowest BCUT2D eigenvalue weighted by Gasteiger charge is -2.25. The molecule has 9 heteroatoms. The number of aryl methyl sites for hydroxylation is 1. The topological polar surface area (TPSA) is 121 Å². The Morgan fingerprint density at radius 3 is 1.92 bits per heavy atom. The highest BCUT2D eigenvalue weighted by atomic mass is 16.5. The van der Waals surface area contributed by atoms with Crippen molar-refractivity contribution in [3.05, 3.63) is 34.9 Å². The summed E-state index contributed by atoms with van der Waals surface area (Å²) in [5, 5.41) is 22.8. The maximum atomic E-state index is 14.0. The van der Waals surface area contributed by atoms with Gasteiger partial charge in [0.15, 0.2) is 28.8 Å². The maximum absolute atomic E-state index is 14.0. The van der Waals surface area contributed by atoms with Crippen LogP contribution in [0.25, 0.3) is 21.9 Å². The zero-order chi connectivity index (χ0) is 29.0. The third-order valence-corrected chi connectivity index (χ3v) is 7.07. The van der Waals surface area contributed by atoms with Crippen LogP contribution in [0, 0.1) is 12.8 Å². The van der Waals surface area contributed by atoms with Crippen LogP contribution in [0.4, 0.5) is 0 Å². The zero-order valence-electron chi connectivity index (χ0n) is 23.7. The number of phenols is 1. The van der Waals surface area contributed by atoms with Gasteiger partial charge < -0.3 is 33.9 Å². The Bertz CT molecular complexity index is 1410. The fourth-order valence-electron chi connectivity index (χ4n) is 5.26. The molecule has 3 aromatic carbocycles. The quantitative estimate of drug-likeness (QED) is 0.256. The molecule has 0 heterocycles. The van der Waals surface area contributed by atoms with Crippen LogP contribution < -0.4 is 23.7 Å². The highest BCUT2D eigenvalue weighted by molar-refractivity contribution is 6.22. The minimum absolute atomic E-state index is 0.150. The molecule has 0 aliphatic carbocycles. The van der Waals surface area contributed by atoms with Crippen molar-refractivity contribution in [2.75, 3.05) is 35.5 Å². The number of ketones is 1. The first-order valence-corrected chi connectivity index (χ1v) is 12.7. The number of carboxylic acid groups (broad SMARTS) is 1. The van der Waals surface area contributed by atoms with Gasteiger partial charge in [-0.1, -0.05) is 26.3 Å². The number of fused-ring (bicyclic) bond motifs is 1. The number of aromatic hydroxyl groups is 1. The van der Waals surface area contributed by atoms with Gasteiger partial charge in [-0.15, -0.1) is 0 Å². The predicted molar refractivity (Wildman–Crippen MR) is 149 cm³/mol. The van der Waals surface area contributed by atoms with E-state index in [1.165, 1.54) is 35.5 Å². The number of carbonyl (C=O) groups excluding carboxylic acids is 1. The third-order valence-electron chi connectivity index (χ3n) is 7.07. The molecule has 0 fully saturated rings. The molecule has 1 atom stereocenters. The van der Waals surface area contributed by atoms with Crippen LogP contribution in [0.15, 0.2) is 18.2 Å². The van der Waals surface area contributed by atoms with Crippen LogP contribution in [0.3, 0.4) is 0 Å². The molecule has 3 aromatic rings. The molecule has 9 nitrogen and oxygen atoms in total. The van der Waals surface area contributed by atoms with Crippen molar-refractivity contribution in [1.82, 2.24) is 0 Å². The van der Waals surface area contributed by atoms with E-state index in [-0.39, 0.29) is 44.7 Å². The van der Waals surface area contributed by atoms with Gasteiger partial charge in [0.1, 0.15) is 5.75 Å². The van der Waals surface area contributed by atoms with E-state index in [1.54, 1.807) is 25.1 Å². The Balaban J connectivity index is 2.74. The predicted octanol–water partition coefficient (Wildman–Crippen LogP) is 6.27. The molecule has 1 unspecified atom stereocenters. The Morgan fingerprint density at radius 1 is 0.821 bits per heavy atom. The van der Waals surface area contributed by atoms with Crippen molar-refractivity contribution in [2.24, 2.45) is 5.92 Å². The van der Waals surface area contributed by atoms with Crippen LogP contribution in [-0.2, 0) is 0 Å². The number of rotatable bonds is 12. The number of Topliss-reactive ketones (excluding diaryl/α,β-unsaturated/α-hetero) is 1. The van der Waals surface area contributed by atoms with Crippen molar-refractivity contribution in [3.63, 3.8) is 0 Å². The lowest BCUT2D eigenvalue weighted by atomic mass is 9.81. The summed E-state index contributed by atoms with van der Waals surface area (Å²) in [6.07, 6.45) is 1.76. The van der Waals surface area contributed by atoms with Gasteiger partial charge in [0, 0.05) is 27.8 Å². The van der Waals surface area contributed by atoms with Crippen molar-refractivity contribution in [2.45, 2.75) is 40.0 Å². The second-order valence-electron chi connectivity index (χ2n) is 9.08. The molecule has 0 bridgehead atoms. The number of hydrogen-bond acceptors (Lipinski definition) is 8. The second-order valence-corrected chi connectivity index (χ2v) is 9.08. The molecule has 210 valence electrons. The lowest BCUT2D eigenvalue weighted by Crippen LogP contribution is -2.19. The lowest BCUT2D eigenvalue weighted by molar-refractivity contribution is 0.0690. The molecule has 0 aromatic heterocycles.